The van der Waals surface area contributed by atoms with Gasteiger partial charge < -0.3 is 4.89 Å². The Kier molecular flexibility index (Phi) is 8.29. The summed E-state index contributed by atoms with van der Waals surface area (Å²) in [4.78, 5) is 5.04. The van der Waals surface area contributed by atoms with Crippen molar-refractivity contribution in [3.05, 3.63) is 83.8 Å². The number of hydrogen-bond donors (Lipinski definition) is 0. The molecule has 1 aromatic rings. The lowest BCUT2D eigenvalue weighted by molar-refractivity contribution is -0.572. The second kappa shape index (κ2) is 10.9. The average molecular weight is 334 g/mol. The number of fused-ring (bicyclic) bond motifs is 1. The smallest absolute Gasteiger partial charge is 0.176 e. The van der Waals surface area contributed by atoms with Gasteiger partial charge in [0.05, 0.1) is 0 Å². The highest BCUT2D eigenvalue weighted by molar-refractivity contribution is 8.76. The Balaban J connectivity index is 2.05. The van der Waals surface area contributed by atoms with Crippen LogP contribution >= 0.6 is 21.9 Å². The van der Waals surface area contributed by atoms with Crippen LogP contribution in [-0.4, -0.2) is 0 Å². The lowest BCUT2D eigenvalue weighted by Crippen LogP contribution is -1.98. The molecule has 0 fully saturated rings. The van der Waals surface area contributed by atoms with Crippen LogP contribution in [0.1, 0.15) is 5.56 Å². The van der Waals surface area contributed by atoms with Gasteiger partial charge in [-0.2, -0.15) is 0 Å². The van der Waals surface area contributed by atoms with Gasteiger partial charge in [-0.25, -0.2) is 0 Å². The van der Waals surface area contributed by atoms with Crippen molar-refractivity contribution in [2.75, 3.05) is 0 Å². The van der Waals surface area contributed by atoms with Gasteiger partial charge in [-0.05, 0) is 27.3 Å². The summed E-state index contributed by atoms with van der Waals surface area (Å²) in [5.41, 5.74) is 0.853. The molecule has 0 bridgehead atoms. The van der Waals surface area contributed by atoms with Gasteiger partial charge in [0.2, 0.25) is 0 Å². The molecule has 0 saturated carbocycles. The number of para-hydroxylation sites is 1. The topological polar surface area (TPSA) is 36.9 Å². The maximum atomic E-state index is 5.04. The second-order valence-corrected chi connectivity index (χ2v) is 5.55. The van der Waals surface area contributed by atoms with Crippen molar-refractivity contribution in [3.8, 4) is 5.75 Å². The van der Waals surface area contributed by atoms with E-state index in [0.29, 0.717) is 5.75 Å². The minimum atomic E-state index is 0.521. The molecule has 6 heteroatoms. The molecule has 0 amide bonds. The predicted molar refractivity (Wildman–Crippen MR) is 91.1 cm³/mol. The minimum Gasteiger partial charge on any atom is -0.305 e. The van der Waals surface area contributed by atoms with Crippen LogP contribution in [0, 0.1) is 0 Å². The van der Waals surface area contributed by atoms with Crippen molar-refractivity contribution < 1.29 is 19.3 Å². The molecule has 0 radical (unpaired) electrons. The molecule has 0 unspecified atom stereocenters. The van der Waals surface area contributed by atoms with E-state index in [2.05, 4.69) is 10.1 Å². The third kappa shape index (κ3) is 6.84. The predicted octanol–water partition coefficient (Wildman–Crippen LogP) is 5.37. The summed E-state index contributed by atoms with van der Waals surface area (Å²) in [5.74, 6) is 0.521. The van der Waals surface area contributed by atoms with Crippen LogP contribution in [0.4, 0.5) is 0 Å². The highest BCUT2D eigenvalue weighted by Crippen LogP contribution is 2.24. The quantitative estimate of drug-likeness (QED) is 0.361. The SMILES string of the molecule is C1=C\C=C/C=C\c2ccccc2OOOOSS/C=C\C=C/1. The molecule has 1 heterocycles. The normalized spacial score (nSPS) is 23.8. The van der Waals surface area contributed by atoms with Crippen LogP contribution in [0.15, 0.2) is 78.3 Å². The molecule has 0 N–H and O–H groups in total. The standard InChI is InChI=1S/C16H14O4S2/c1-2-4-6-10-14-21-22-20-19-18-17-16-13-9-8-12-15(16)11-7-5-3-1/h1-14H/b2-1-,5-3-,6-4-,11-7-,14-10-. The molecule has 22 heavy (non-hydrogen) atoms. The number of rotatable bonds is 0. The maximum absolute atomic E-state index is 5.04. The van der Waals surface area contributed by atoms with E-state index in [0.717, 1.165) is 16.6 Å². The number of benzene rings is 1. The van der Waals surface area contributed by atoms with Gasteiger partial charge in [-0.15, -0.1) is 4.33 Å². The Labute approximate surface area is 137 Å². The van der Waals surface area contributed by atoms with E-state index >= 15 is 0 Å². The molecule has 2 rings (SSSR count). The minimum absolute atomic E-state index is 0.521. The van der Waals surface area contributed by atoms with Gasteiger partial charge in [0, 0.05) is 10.6 Å². The molecule has 1 aliphatic rings. The van der Waals surface area contributed by atoms with Crippen LogP contribution in [0.25, 0.3) is 6.08 Å². The molecular formula is C16H14O4S2. The molecule has 0 spiro atoms. The number of allylic oxidation sites excluding steroid dienone is 8. The van der Waals surface area contributed by atoms with Gasteiger partial charge >= 0.3 is 0 Å². The first-order valence-electron chi connectivity index (χ1n) is 6.39. The first-order chi connectivity index (χ1) is 11.0. The Bertz CT molecular complexity index is 592. The van der Waals surface area contributed by atoms with Crippen LogP contribution in [0.3, 0.4) is 0 Å². The summed E-state index contributed by atoms with van der Waals surface area (Å²) in [6.45, 7) is 0. The van der Waals surface area contributed by atoms with Crippen LogP contribution < -0.4 is 4.89 Å². The van der Waals surface area contributed by atoms with Gasteiger partial charge in [0.15, 0.2) is 5.75 Å². The summed E-state index contributed by atoms with van der Waals surface area (Å²) >= 11 is 1.00. The Hall–Kier alpha value is -1.70. The van der Waals surface area contributed by atoms with E-state index in [4.69, 9.17) is 9.22 Å². The lowest BCUT2D eigenvalue weighted by Gasteiger charge is -2.04. The second-order valence-electron chi connectivity index (χ2n) is 3.83. The number of hydrogen-bond acceptors (Lipinski definition) is 6. The van der Waals surface area contributed by atoms with E-state index in [1.807, 2.05) is 78.3 Å². The first kappa shape index (κ1) is 16.7. The van der Waals surface area contributed by atoms with Gasteiger partial charge in [0.25, 0.3) is 0 Å². The maximum Gasteiger partial charge on any atom is 0.176 e. The summed E-state index contributed by atoms with van der Waals surface area (Å²) in [7, 11) is 1.33. The Morgan fingerprint density at radius 1 is 0.727 bits per heavy atom. The van der Waals surface area contributed by atoms with E-state index in [9.17, 15) is 0 Å². The van der Waals surface area contributed by atoms with Crippen molar-refractivity contribution in [3.63, 3.8) is 0 Å². The van der Waals surface area contributed by atoms with Crippen molar-refractivity contribution in [1.29, 1.82) is 0 Å². The van der Waals surface area contributed by atoms with Gasteiger partial charge in [-0.3, -0.25) is 0 Å². The first-order valence-corrected chi connectivity index (χ1v) is 8.53. The molecule has 114 valence electrons. The van der Waals surface area contributed by atoms with E-state index in [1.165, 1.54) is 10.8 Å². The van der Waals surface area contributed by atoms with E-state index in [1.54, 1.807) is 6.07 Å². The molecule has 1 aromatic carbocycles. The van der Waals surface area contributed by atoms with Crippen LogP contribution in [-0.2, 0) is 14.4 Å². The van der Waals surface area contributed by atoms with Crippen molar-refractivity contribution in [2.45, 2.75) is 0 Å². The van der Waals surface area contributed by atoms with Crippen molar-refractivity contribution in [1.82, 2.24) is 0 Å². The third-order valence-corrected chi connectivity index (χ3v) is 3.55. The zero-order chi connectivity index (χ0) is 15.3. The fourth-order valence-corrected chi connectivity index (χ4v) is 2.20. The van der Waals surface area contributed by atoms with Crippen LogP contribution in [0.2, 0.25) is 0 Å². The Morgan fingerprint density at radius 3 is 2.32 bits per heavy atom. The summed E-state index contributed by atoms with van der Waals surface area (Å²) in [5, 5.41) is 10.8. The molecular weight excluding hydrogens is 320 g/mol. The van der Waals surface area contributed by atoms with Gasteiger partial charge in [0.1, 0.15) is 11.1 Å². The zero-order valence-corrected chi connectivity index (χ0v) is 13.2. The Morgan fingerprint density at radius 2 is 1.45 bits per heavy atom. The molecule has 1 aliphatic heterocycles. The average Bonchev–Trinajstić information content (AvgIpc) is 2.55. The summed E-state index contributed by atoms with van der Waals surface area (Å²) < 4.78 is 4.71. The van der Waals surface area contributed by atoms with Crippen LogP contribution in [0.5, 0.6) is 5.75 Å². The summed E-state index contributed by atoms with van der Waals surface area (Å²) in [6, 6.07) is 7.41. The third-order valence-electron chi connectivity index (χ3n) is 2.35. The highest BCUT2D eigenvalue weighted by atomic mass is 33.1. The summed E-state index contributed by atoms with van der Waals surface area (Å²) in [6.07, 6.45) is 17.3. The highest BCUT2D eigenvalue weighted by Gasteiger charge is 2.01. The fraction of sp³-hybridized carbons (Fsp3) is 0. The molecule has 0 atom stereocenters. The van der Waals surface area contributed by atoms with Crippen molar-refractivity contribution >= 4 is 27.9 Å². The molecule has 0 aromatic heterocycles. The lowest BCUT2D eigenvalue weighted by atomic mass is 10.2. The largest absolute Gasteiger partial charge is 0.305 e. The van der Waals surface area contributed by atoms with Crippen molar-refractivity contribution in [2.24, 2.45) is 0 Å². The van der Waals surface area contributed by atoms with Gasteiger partial charge in [-0.1, -0.05) is 72.9 Å². The molecule has 0 aliphatic carbocycles. The monoisotopic (exact) mass is 334 g/mol. The van der Waals surface area contributed by atoms with E-state index in [-0.39, 0.29) is 0 Å². The molecule has 0 saturated heterocycles. The zero-order valence-electron chi connectivity index (χ0n) is 11.5. The van der Waals surface area contributed by atoms with E-state index < -0.39 is 0 Å². The fourth-order valence-electron chi connectivity index (χ4n) is 1.43. The molecule has 4 nitrogen and oxygen atoms in total.